The maximum absolute atomic E-state index is 11.3. The maximum atomic E-state index is 11.3. The van der Waals surface area contributed by atoms with Crippen molar-refractivity contribution < 1.29 is 19.4 Å². The maximum Gasteiger partial charge on any atom is 0.339 e. The van der Waals surface area contributed by atoms with Gasteiger partial charge in [0.25, 0.3) is 0 Å². The lowest BCUT2D eigenvalue weighted by atomic mass is 9.74. The molecule has 168 valence electrons. The summed E-state index contributed by atoms with van der Waals surface area (Å²) >= 11 is 0. The first-order valence-electron chi connectivity index (χ1n) is 10.8. The summed E-state index contributed by atoms with van der Waals surface area (Å²) in [6.07, 6.45) is 3.63. The molecule has 1 saturated carbocycles. The van der Waals surface area contributed by atoms with E-state index >= 15 is 0 Å². The molecule has 3 atom stereocenters. The van der Waals surface area contributed by atoms with E-state index in [2.05, 4.69) is 30.8 Å². The summed E-state index contributed by atoms with van der Waals surface area (Å²) in [6.45, 7) is 6.81. The van der Waals surface area contributed by atoms with Crippen LogP contribution in [-0.2, 0) is 4.74 Å². The number of para-hydroxylation sites is 2. The van der Waals surface area contributed by atoms with Crippen molar-refractivity contribution >= 4 is 23.3 Å². The largest absolute Gasteiger partial charge is 0.478 e. The van der Waals surface area contributed by atoms with Gasteiger partial charge >= 0.3 is 11.9 Å². The monoisotopic (exact) mass is 426 g/mol. The molecule has 4 N–H and O–H groups in total. The molecular formula is C25H34N2O4. The van der Waals surface area contributed by atoms with Crippen LogP contribution in [-0.4, -0.2) is 30.2 Å². The zero-order valence-corrected chi connectivity index (χ0v) is 18.8. The molecule has 1 aliphatic rings. The molecule has 3 unspecified atom stereocenters. The fourth-order valence-corrected chi connectivity index (χ4v) is 4.16. The predicted molar refractivity (Wildman–Crippen MR) is 124 cm³/mol. The van der Waals surface area contributed by atoms with Gasteiger partial charge in [0.2, 0.25) is 0 Å². The van der Waals surface area contributed by atoms with Gasteiger partial charge in [-0.2, -0.15) is 0 Å². The molecule has 1 fully saturated rings. The number of methoxy groups -OCH3 is 1. The summed E-state index contributed by atoms with van der Waals surface area (Å²) in [5, 5.41) is 12.8. The molecule has 1 aliphatic carbocycles. The summed E-state index contributed by atoms with van der Waals surface area (Å²) in [5.41, 5.74) is 7.48. The number of benzene rings is 2. The Labute approximate surface area is 184 Å². The minimum absolute atomic E-state index is 0.369. The molecule has 0 heterocycles. The molecule has 6 nitrogen and oxygen atoms in total. The zero-order valence-electron chi connectivity index (χ0n) is 18.8. The lowest BCUT2D eigenvalue weighted by Crippen LogP contribution is -2.38. The van der Waals surface area contributed by atoms with Gasteiger partial charge in [-0.15, -0.1) is 0 Å². The molecule has 0 saturated heterocycles. The van der Waals surface area contributed by atoms with E-state index in [0.717, 1.165) is 12.1 Å². The molecule has 0 radical (unpaired) electrons. The normalized spacial score (nSPS) is 20.4. The van der Waals surface area contributed by atoms with Crippen LogP contribution < -0.4 is 11.1 Å². The SMILES string of the molecule is CC1CCC(C(C)C)C(Nc2ccccc2C(=O)O)C1.COC(=O)c1ccccc1N. The van der Waals surface area contributed by atoms with E-state index in [-0.39, 0.29) is 0 Å². The lowest BCUT2D eigenvalue weighted by molar-refractivity contribution is 0.0601. The van der Waals surface area contributed by atoms with Crippen LogP contribution in [0.2, 0.25) is 0 Å². The quantitative estimate of drug-likeness (QED) is 0.442. The highest BCUT2D eigenvalue weighted by Gasteiger charge is 2.31. The van der Waals surface area contributed by atoms with Gasteiger partial charge in [0.15, 0.2) is 0 Å². The number of carbonyl (C=O) groups excluding carboxylic acids is 1. The number of nitrogen functional groups attached to an aromatic ring is 1. The number of rotatable bonds is 5. The first-order chi connectivity index (χ1) is 14.7. The van der Waals surface area contributed by atoms with E-state index in [9.17, 15) is 14.7 Å². The predicted octanol–water partition coefficient (Wildman–Crippen LogP) is 5.31. The second-order valence-electron chi connectivity index (χ2n) is 8.51. The minimum atomic E-state index is -0.863. The molecule has 0 bridgehead atoms. The number of carboxylic acids is 1. The van der Waals surface area contributed by atoms with Crippen LogP contribution in [0.3, 0.4) is 0 Å². The van der Waals surface area contributed by atoms with Crippen LogP contribution in [0.25, 0.3) is 0 Å². The number of esters is 1. The Bertz CT molecular complexity index is 881. The molecule has 31 heavy (non-hydrogen) atoms. The zero-order chi connectivity index (χ0) is 23.0. The highest BCUT2D eigenvalue weighted by atomic mass is 16.5. The third-order valence-electron chi connectivity index (χ3n) is 5.89. The number of nitrogens with one attached hydrogen (secondary N) is 1. The Kier molecular flexibility index (Phi) is 8.91. The molecule has 2 aromatic carbocycles. The van der Waals surface area contributed by atoms with Crippen LogP contribution in [0, 0.1) is 17.8 Å². The number of hydrogen-bond donors (Lipinski definition) is 3. The Balaban J connectivity index is 0.000000262. The smallest absolute Gasteiger partial charge is 0.339 e. The molecule has 0 aromatic heterocycles. The Morgan fingerprint density at radius 2 is 1.68 bits per heavy atom. The second-order valence-corrected chi connectivity index (χ2v) is 8.51. The van der Waals surface area contributed by atoms with Crippen molar-refractivity contribution in [3.63, 3.8) is 0 Å². The standard InChI is InChI=1S/C17H25NO2.C8H9NO2/c1-11(2)13-9-8-12(3)10-16(13)18-15-7-5-4-6-14(15)17(19)20;1-11-8(10)6-4-2-3-5-7(6)9/h4-7,11-13,16,18H,8-10H2,1-3H3,(H,19,20);2-5H,9H2,1H3. The van der Waals surface area contributed by atoms with Crippen molar-refractivity contribution in [2.24, 2.45) is 17.8 Å². The number of nitrogens with two attached hydrogens (primary N) is 1. The van der Waals surface area contributed by atoms with Crippen LogP contribution >= 0.6 is 0 Å². The average molecular weight is 427 g/mol. The van der Waals surface area contributed by atoms with Crippen LogP contribution in [0.5, 0.6) is 0 Å². The summed E-state index contributed by atoms with van der Waals surface area (Å²) in [5.74, 6) is 0.686. The molecule has 0 aliphatic heterocycles. The highest BCUT2D eigenvalue weighted by molar-refractivity contribution is 5.95. The molecule has 0 spiro atoms. The van der Waals surface area contributed by atoms with Gasteiger partial charge in [0.05, 0.1) is 18.2 Å². The van der Waals surface area contributed by atoms with Crippen molar-refractivity contribution in [3.05, 3.63) is 59.7 Å². The first-order valence-corrected chi connectivity index (χ1v) is 10.8. The third-order valence-corrected chi connectivity index (χ3v) is 5.89. The number of ether oxygens (including phenoxy) is 1. The van der Waals surface area contributed by atoms with Gasteiger partial charge in [0.1, 0.15) is 0 Å². The van der Waals surface area contributed by atoms with Gasteiger partial charge in [-0.05, 0) is 54.9 Å². The van der Waals surface area contributed by atoms with Gasteiger partial charge in [-0.3, -0.25) is 0 Å². The average Bonchev–Trinajstić information content (AvgIpc) is 2.74. The van der Waals surface area contributed by atoms with Gasteiger partial charge in [-0.25, -0.2) is 9.59 Å². The second kappa shape index (κ2) is 11.4. The number of hydrogen-bond acceptors (Lipinski definition) is 5. The summed E-state index contributed by atoms with van der Waals surface area (Å²) < 4.78 is 4.50. The van der Waals surface area contributed by atoms with Gasteiger partial charge in [-0.1, -0.05) is 51.5 Å². The Morgan fingerprint density at radius 1 is 1.06 bits per heavy atom. The fraction of sp³-hybridized carbons (Fsp3) is 0.440. The van der Waals surface area contributed by atoms with E-state index in [1.807, 2.05) is 12.1 Å². The van der Waals surface area contributed by atoms with E-state index in [0.29, 0.717) is 40.6 Å². The van der Waals surface area contributed by atoms with E-state index < -0.39 is 11.9 Å². The van der Waals surface area contributed by atoms with E-state index in [4.69, 9.17) is 5.73 Å². The number of aromatic carboxylic acids is 1. The number of anilines is 2. The number of carboxylic acid groups (broad SMARTS) is 1. The summed E-state index contributed by atoms with van der Waals surface area (Å²) in [7, 11) is 1.33. The molecule has 3 rings (SSSR count). The van der Waals surface area contributed by atoms with Crippen molar-refractivity contribution in [1.82, 2.24) is 0 Å². The highest BCUT2D eigenvalue weighted by Crippen LogP contribution is 2.35. The first kappa shape index (κ1) is 24.3. The van der Waals surface area contributed by atoms with Crippen LogP contribution in [0.4, 0.5) is 11.4 Å². The van der Waals surface area contributed by atoms with Crippen molar-refractivity contribution in [1.29, 1.82) is 0 Å². The van der Waals surface area contributed by atoms with E-state index in [1.54, 1.807) is 36.4 Å². The molecule has 6 heteroatoms. The Hall–Kier alpha value is -3.02. The molecule has 2 aromatic rings. The van der Waals surface area contributed by atoms with Crippen LogP contribution in [0.1, 0.15) is 60.7 Å². The van der Waals surface area contributed by atoms with Crippen molar-refractivity contribution in [2.75, 3.05) is 18.2 Å². The Morgan fingerprint density at radius 3 is 2.26 bits per heavy atom. The summed E-state index contributed by atoms with van der Waals surface area (Å²) in [4.78, 5) is 22.2. The molecular weight excluding hydrogens is 392 g/mol. The molecule has 0 amide bonds. The minimum Gasteiger partial charge on any atom is -0.478 e. The van der Waals surface area contributed by atoms with Crippen molar-refractivity contribution in [3.8, 4) is 0 Å². The topological polar surface area (TPSA) is 102 Å². The van der Waals surface area contributed by atoms with Gasteiger partial charge < -0.3 is 20.9 Å². The van der Waals surface area contributed by atoms with Crippen LogP contribution in [0.15, 0.2) is 48.5 Å². The lowest BCUT2D eigenvalue weighted by Gasteiger charge is -2.38. The number of carbonyl (C=O) groups is 2. The summed E-state index contributed by atoms with van der Waals surface area (Å²) in [6, 6.07) is 14.4. The third kappa shape index (κ3) is 6.74. The van der Waals surface area contributed by atoms with Crippen molar-refractivity contribution in [2.45, 2.75) is 46.1 Å². The fourth-order valence-electron chi connectivity index (χ4n) is 4.16. The van der Waals surface area contributed by atoms with E-state index in [1.165, 1.54) is 20.0 Å². The van der Waals surface area contributed by atoms with Gasteiger partial charge in [0, 0.05) is 17.4 Å².